The molecule has 25 heavy (non-hydrogen) atoms. The molecule has 0 radical (unpaired) electrons. The van der Waals surface area contributed by atoms with E-state index in [4.69, 9.17) is 9.47 Å². The van der Waals surface area contributed by atoms with Gasteiger partial charge in [0.25, 0.3) is 0 Å². The first-order valence-corrected chi connectivity index (χ1v) is 9.78. The normalized spacial score (nSPS) is 17.4. The minimum atomic E-state index is 0. The van der Waals surface area contributed by atoms with Gasteiger partial charge in [0.15, 0.2) is 5.96 Å². The molecule has 0 spiro atoms. The van der Waals surface area contributed by atoms with E-state index in [0.29, 0.717) is 6.10 Å². The molecule has 0 saturated carbocycles. The van der Waals surface area contributed by atoms with E-state index < -0.39 is 0 Å². The molecule has 8 heteroatoms. The number of rotatable bonds is 10. The number of nitrogens with zero attached hydrogens (tertiary/aromatic N) is 2. The largest absolute Gasteiger partial charge is 0.379 e. The number of aryl methyl sites for hydroxylation is 1. The molecule has 1 aliphatic rings. The van der Waals surface area contributed by atoms with Crippen LogP contribution in [0.4, 0.5) is 0 Å². The van der Waals surface area contributed by atoms with Crippen LogP contribution in [0.5, 0.6) is 0 Å². The lowest BCUT2D eigenvalue weighted by Gasteiger charge is -2.11. The van der Waals surface area contributed by atoms with Crippen molar-refractivity contribution in [3.05, 3.63) is 16.1 Å². The Morgan fingerprint density at radius 2 is 2.36 bits per heavy atom. The fourth-order valence-corrected chi connectivity index (χ4v) is 3.17. The maximum absolute atomic E-state index is 5.66. The number of guanidine groups is 1. The third-order valence-corrected chi connectivity index (χ3v) is 4.55. The first-order chi connectivity index (χ1) is 11.8. The zero-order valence-electron chi connectivity index (χ0n) is 15.3. The monoisotopic (exact) mass is 482 g/mol. The molecule has 144 valence electrons. The first kappa shape index (κ1) is 22.6. The molecule has 0 aliphatic carbocycles. The van der Waals surface area contributed by atoms with Gasteiger partial charge in [0.05, 0.1) is 23.4 Å². The summed E-state index contributed by atoms with van der Waals surface area (Å²) in [6, 6.07) is 0. The van der Waals surface area contributed by atoms with Crippen molar-refractivity contribution in [1.29, 1.82) is 0 Å². The van der Waals surface area contributed by atoms with Gasteiger partial charge in [-0.2, -0.15) is 0 Å². The molecule has 2 rings (SSSR count). The topological polar surface area (TPSA) is 67.8 Å². The molecule has 2 N–H and O–H groups in total. The molecule has 1 saturated heterocycles. The van der Waals surface area contributed by atoms with Gasteiger partial charge in [-0.25, -0.2) is 4.98 Å². The summed E-state index contributed by atoms with van der Waals surface area (Å²) in [5.74, 6) is 0.864. The van der Waals surface area contributed by atoms with Crippen molar-refractivity contribution in [1.82, 2.24) is 15.6 Å². The van der Waals surface area contributed by atoms with Gasteiger partial charge in [0.1, 0.15) is 0 Å². The molecule has 2 heterocycles. The van der Waals surface area contributed by atoms with Crippen LogP contribution in [0.15, 0.2) is 10.4 Å². The highest BCUT2D eigenvalue weighted by Gasteiger charge is 2.14. The van der Waals surface area contributed by atoms with Crippen LogP contribution in [0.2, 0.25) is 0 Å². The second kappa shape index (κ2) is 13.7. The van der Waals surface area contributed by atoms with Crippen molar-refractivity contribution in [3.63, 3.8) is 0 Å². The molecule has 1 aliphatic heterocycles. The number of ether oxygens (including phenoxy) is 2. The van der Waals surface area contributed by atoms with Crippen LogP contribution in [-0.2, 0) is 15.9 Å². The summed E-state index contributed by atoms with van der Waals surface area (Å²) in [6.07, 6.45) is 4.44. The Morgan fingerprint density at radius 3 is 3.04 bits per heavy atom. The standard InChI is InChI=1S/C17H30N4O2S.HI/c1-3-18-17(20-9-7-15-13-24-14(2)21-15)19-8-5-10-22-12-16-6-4-11-23-16;/h13,16H,3-12H2,1-2H3,(H2,18,19,20);1H. The highest BCUT2D eigenvalue weighted by Crippen LogP contribution is 2.11. The van der Waals surface area contributed by atoms with Gasteiger partial charge in [0, 0.05) is 44.6 Å². The fourth-order valence-electron chi connectivity index (χ4n) is 2.52. The lowest BCUT2D eigenvalue weighted by Crippen LogP contribution is -2.38. The fraction of sp³-hybridized carbons (Fsp3) is 0.765. The second-order valence-electron chi connectivity index (χ2n) is 5.86. The maximum Gasteiger partial charge on any atom is 0.191 e. The average Bonchev–Trinajstić information content (AvgIpc) is 3.22. The summed E-state index contributed by atoms with van der Waals surface area (Å²) in [4.78, 5) is 9.06. The summed E-state index contributed by atoms with van der Waals surface area (Å²) in [5.41, 5.74) is 1.14. The highest BCUT2D eigenvalue weighted by molar-refractivity contribution is 14.0. The van der Waals surface area contributed by atoms with Gasteiger partial charge >= 0.3 is 0 Å². The summed E-state index contributed by atoms with van der Waals surface area (Å²) < 4.78 is 11.2. The van der Waals surface area contributed by atoms with Crippen molar-refractivity contribution in [2.45, 2.75) is 45.6 Å². The van der Waals surface area contributed by atoms with E-state index in [1.54, 1.807) is 11.3 Å². The Balaban J connectivity index is 0.00000312. The van der Waals surface area contributed by atoms with Gasteiger partial charge in [0.2, 0.25) is 0 Å². The number of hydrogen-bond acceptors (Lipinski definition) is 5. The highest BCUT2D eigenvalue weighted by atomic mass is 127. The van der Waals surface area contributed by atoms with Crippen LogP contribution < -0.4 is 10.6 Å². The molecule has 6 nitrogen and oxygen atoms in total. The van der Waals surface area contributed by atoms with Crippen LogP contribution in [0.3, 0.4) is 0 Å². The molecule has 0 amide bonds. The van der Waals surface area contributed by atoms with Crippen LogP contribution >= 0.6 is 35.3 Å². The van der Waals surface area contributed by atoms with E-state index in [9.17, 15) is 0 Å². The van der Waals surface area contributed by atoms with E-state index in [1.807, 2.05) is 6.92 Å². The van der Waals surface area contributed by atoms with Gasteiger partial charge in [-0.15, -0.1) is 35.3 Å². The quantitative estimate of drug-likeness (QED) is 0.232. The van der Waals surface area contributed by atoms with Crippen LogP contribution in [-0.4, -0.2) is 56.5 Å². The van der Waals surface area contributed by atoms with E-state index in [0.717, 1.165) is 81.8 Å². The third kappa shape index (κ3) is 9.72. The second-order valence-corrected chi connectivity index (χ2v) is 6.92. The Hall–Kier alpha value is -0.450. The van der Waals surface area contributed by atoms with Crippen LogP contribution in [0.25, 0.3) is 0 Å². The molecule has 1 atom stereocenters. The number of nitrogens with one attached hydrogen (secondary N) is 2. The van der Waals surface area contributed by atoms with Crippen LogP contribution in [0.1, 0.15) is 36.9 Å². The summed E-state index contributed by atoms with van der Waals surface area (Å²) in [5, 5.41) is 9.86. The molecular formula is C17H31IN4O2S. The lowest BCUT2D eigenvalue weighted by atomic mass is 10.2. The van der Waals surface area contributed by atoms with E-state index in [1.165, 1.54) is 0 Å². The number of thiazole rings is 1. The Labute approximate surface area is 172 Å². The molecule has 1 aromatic heterocycles. The minimum Gasteiger partial charge on any atom is -0.379 e. The van der Waals surface area contributed by atoms with E-state index >= 15 is 0 Å². The SMILES string of the molecule is CCNC(=NCCCOCC1CCCO1)NCCc1csc(C)n1.I. The zero-order chi connectivity index (χ0) is 17.0. The van der Waals surface area contributed by atoms with Crippen molar-refractivity contribution < 1.29 is 9.47 Å². The minimum absolute atomic E-state index is 0. The average molecular weight is 482 g/mol. The molecular weight excluding hydrogens is 451 g/mol. The van der Waals surface area contributed by atoms with E-state index in [2.05, 4.69) is 32.9 Å². The van der Waals surface area contributed by atoms with Gasteiger partial charge in [-0.3, -0.25) is 4.99 Å². The molecule has 0 aromatic carbocycles. The van der Waals surface area contributed by atoms with Gasteiger partial charge < -0.3 is 20.1 Å². The van der Waals surface area contributed by atoms with Crippen LogP contribution in [0, 0.1) is 6.92 Å². The van der Waals surface area contributed by atoms with Crippen molar-refractivity contribution >= 4 is 41.3 Å². The maximum atomic E-state index is 5.66. The van der Waals surface area contributed by atoms with Gasteiger partial charge in [-0.05, 0) is 33.1 Å². The Morgan fingerprint density at radius 1 is 1.48 bits per heavy atom. The zero-order valence-corrected chi connectivity index (χ0v) is 18.4. The Kier molecular flexibility index (Phi) is 12.4. The van der Waals surface area contributed by atoms with Crippen molar-refractivity contribution in [3.8, 4) is 0 Å². The Bertz CT molecular complexity index is 493. The predicted octanol–water partition coefficient (Wildman–Crippen LogP) is 2.75. The van der Waals surface area contributed by atoms with Crippen molar-refractivity contribution in [2.75, 3.05) is 39.5 Å². The smallest absolute Gasteiger partial charge is 0.191 e. The number of hydrogen-bond donors (Lipinski definition) is 2. The summed E-state index contributed by atoms with van der Waals surface area (Å²) >= 11 is 1.70. The summed E-state index contributed by atoms with van der Waals surface area (Å²) in [7, 11) is 0. The first-order valence-electron chi connectivity index (χ1n) is 8.90. The molecule has 1 fully saturated rings. The molecule has 0 bridgehead atoms. The molecule has 1 aromatic rings. The van der Waals surface area contributed by atoms with Gasteiger partial charge in [-0.1, -0.05) is 0 Å². The number of aliphatic imine (C=N–C) groups is 1. The van der Waals surface area contributed by atoms with Crippen molar-refractivity contribution in [2.24, 2.45) is 4.99 Å². The summed E-state index contributed by atoms with van der Waals surface area (Å²) in [6.45, 7) is 8.91. The van der Waals surface area contributed by atoms with E-state index in [-0.39, 0.29) is 24.0 Å². The lowest BCUT2D eigenvalue weighted by molar-refractivity contribution is 0.0171. The predicted molar refractivity (Wildman–Crippen MR) is 114 cm³/mol. The number of halogens is 1. The molecule has 1 unspecified atom stereocenters. The third-order valence-electron chi connectivity index (χ3n) is 3.73. The number of aromatic nitrogens is 1.